The Hall–Kier alpha value is -3.35. The lowest BCUT2D eigenvalue weighted by Gasteiger charge is -2.08. The van der Waals surface area contributed by atoms with E-state index in [9.17, 15) is 9.59 Å². The monoisotopic (exact) mass is 349 g/mol. The molecule has 1 aliphatic rings. The van der Waals surface area contributed by atoms with Crippen molar-refractivity contribution < 1.29 is 9.59 Å². The van der Waals surface area contributed by atoms with Gasteiger partial charge in [0.05, 0.1) is 0 Å². The number of carbonyl (C=O) groups is 2. The topological polar surface area (TPSA) is 87.5 Å². The normalized spacial score (nSPS) is 13.4. The van der Waals surface area contributed by atoms with E-state index in [1.807, 2.05) is 29.5 Å². The molecule has 0 bridgehead atoms. The van der Waals surface area contributed by atoms with Crippen LogP contribution in [0.4, 0.5) is 16.2 Å². The summed E-state index contributed by atoms with van der Waals surface area (Å²) >= 11 is 0. The molecule has 3 aromatic rings. The van der Waals surface area contributed by atoms with E-state index in [0.29, 0.717) is 23.1 Å². The molecule has 2 heterocycles. The minimum absolute atomic E-state index is 0.204. The molecule has 4 rings (SSSR count). The van der Waals surface area contributed by atoms with Gasteiger partial charge >= 0.3 is 6.03 Å². The molecule has 1 saturated carbocycles. The van der Waals surface area contributed by atoms with Gasteiger partial charge in [-0.05, 0) is 56.2 Å². The number of aryl methyl sites for hydroxylation is 1. The van der Waals surface area contributed by atoms with E-state index in [-0.39, 0.29) is 11.9 Å². The number of amides is 3. The quantitative estimate of drug-likeness (QED) is 0.676. The summed E-state index contributed by atoms with van der Waals surface area (Å²) in [4.78, 5) is 28.5. The Morgan fingerprint density at radius 2 is 1.73 bits per heavy atom. The molecule has 3 N–H and O–H groups in total. The number of fused-ring (bicyclic) bond motifs is 1. The predicted octanol–water partition coefficient (Wildman–Crippen LogP) is 3.18. The van der Waals surface area contributed by atoms with Crippen LogP contribution in [-0.2, 0) is 0 Å². The van der Waals surface area contributed by atoms with Gasteiger partial charge in [0.15, 0.2) is 0 Å². The summed E-state index contributed by atoms with van der Waals surface area (Å²) in [7, 11) is 0. The van der Waals surface area contributed by atoms with Crippen molar-refractivity contribution in [2.24, 2.45) is 0 Å². The smallest absolute Gasteiger partial charge is 0.319 e. The van der Waals surface area contributed by atoms with Crippen molar-refractivity contribution in [2.45, 2.75) is 25.8 Å². The first-order chi connectivity index (χ1) is 12.6. The SMILES string of the molecule is Cc1cccc2nc(C(=O)Nc3ccc(NC(=O)NC4CC4)cc3)cn12. The third-order valence-corrected chi connectivity index (χ3v) is 4.24. The van der Waals surface area contributed by atoms with Crippen LogP contribution in [0.2, 0.25) is 0 Å². The molecule has 1 fully saturated rings. The molecule has 0 unspecified atom stereocenters. The van der Waals surface area contributed by atoms with E-state index in [2.05, 4.69) is 20.9 Å². The minimum atomic E-state index is -0.278. The van der Waals surface area contributed by atoms with E-state index in [4.69, 9.17) is 0 Å². The van der Waals surface area contributed by atoms with Crippen molar-refractivity contribution >= 4 is 29.0 Å². The van der Waals surface area contributed by atoms with Crippen LogP contribution in [0.3, 0.4) is 0 Å². The fourth-order valence-electron chi connectivity index (χ4n) is 2.67. The first-order valence-electron chi connectivity index (χ1n) is 8.52. The maximum atomic E-state index is 12.4. The van der Waals surface area contributed by atoms with Gasteiger partial charge in [0, 0.05) is 29.3 Å². The van der Waals surface area contributed by atoms with Crippen molar-refractivity contribution in [2.75, 3.05) is 10.6 Å². The number of pyridine rings is 1. The third-order valence-electron chi connectivity index (χ3n) is 4.24. The molecule has 2 aromatic heterocycles. The van der Waals surface area contributed by atoms with Gasteiger partial charge in [0.25, 0.3) is 5.91 Å². The number of benzene rings is 1. The minimum Gasteiger partial charge on any atom is -0.335 e. The zero-order valence-corrected chi connectivity index (χ0v) is 14.3. The lowest BCUT2D eigenvalue weighted by atomic mass is 10.2. The molecule has 0 radical (unpaired) electrons. The average molecular weight is 349 g/mol. The number of imidazole rings is 1. The highest BCUT2D eigenvalue weighted by Gasteiger charge is 2.23. The van der Waals surface area contributed by atoms with Crippen LogP contribution in [0.15, 0.2) is 48.7 Å². The number of nitrogens with zero attached hydrogens (tertiary/aromatic N) is 2. The summed E-state index contributed by atoms with van der Waals surface area (Å²) in [5.41, 5.74) is 3.40. The number of carbonyl (C=O) groups excluding carboxylic acids is 2. The van der Waals surface area contributed by atoms with Gasteiger partial charge in [0.1, 0.15) is 11.3 Å². The summed E-state index contributed by atoms with van der Waals surface area (Å²) in [5, 5.41) is 8.45. The fourth-order valence-corrected chi connectivity index (χ4v) is 2.67. The van der Waals surface area contributed by atoms with Gasteiger partial charge in [-0.3, -0.25) is 4.79 Å². The second-order valence-corrected chi connectivity index (χ2v) is 6.43. The van der Waals surface area contributed by atoms with Crippen LogP contribution >= 0.6 is 0 Å². The molecular weight excluding hydrogens is 330 g/mol. The molecule has 132 valence electrons. The number of aromatic nitrogens is 2. The largest absolute Gasteiger partial charge is 0.335 e. The zero-order chi connectivity index (χ0) is 18.1. The Balaban J connectivity index is 1.41. The van der Waals surface area contributed by atoms with Gasteiger partial charge in [-0.1, -0.05) is 6.07 Å². The summed E-state index contributed by atoms with van der Waals surface area (Å²) in [5.74, 6) is -0.278. The number of hydrogen-bond donors (Lipinski definition) is 3. The number of nitrogens with one attached hydrogen (secondary N) is 3. The Morgan fingerprint density at radius 1 is 1.04 bits per heavy atom. The summed E-state index contributed by atoms with van der Waals surface area (Å²) in [6.07, 6.45) is 3.81. The van der Waals surface area contributed by atoms with Crippen molar-refractivity contribution in [3.63, 3.8) is 0 Å². The van der Waals surface area contributed by atoms with Gasteiger partial charge in [-0.25, -0.2) is 9.78 Å². The lowest BCUT2D eigenvalue weighted by molar-refractivity contribution is 0.102. The van der Waals surface area contributed by atoms with Crippen LogP contribution in [0.5, 0.6) is 0 Å². The first-order valence-corrected chi connectivity index (χ1v) is 8.52. The summed E-state index contributed by atoms with van der Waals surface area (Å²) in [6, 6.07) is 12.8. The van der Waals surface area contributed by atoms with Crippen molar-refractivity contribution in [1.82, 2.24) is 14.7 Å². The van der Waals surface area contributed by atoms with Gasteiger partial charge in [-0.15, -0.1) is 0 Å². The Labute approximate surface area is 150 Å². The summed E-state index contributed by atoms with van der Waals surface area (Å²) in [6.45, 7) is 1.96. The van der Waals surface area contributed by atoms with Crippen LogP contribution < -0.4 is 16.0 Å². The maximum Gasteiger partial charge on any atom is 0.319 e. The van der Waals surface area contributed by atoms with Crippen molar-refractivity contribution in [3.8, 4) is 0 Å². The van der Waals surface area contributed by atoms with E-state index in [0.717, 1.165) is 24.2 Å². The Morgan fingerprint density at radius 3 is 2.38 bits per heavy atom. The fraction of sp³-hybridized carbons (Fsp3) is 0.211. The highest BCUT2D eigenvalue weighted by atomic mass is 16.2. The zero-order valence-electron chi connectivity index (χ0n) is 14.3. The van der Waals surface area contributed by atoms with Crippen LogP contribution in [0, 0.1) is 6.92 Å². The third kappa shape index (κ3) is 3.51. The van der Waals surface area contributed by atoms with Crippen molar-refractivity contribution in [1.29, 1.82) is 0 Å². The molecule has 0 saturated heterocycles. The highest BCUT2D eigenvalue weighted by Crippen LogP contribution is 2.19. The number of anilines is 2. The molecule has 3 amide bonds. The van der Waals surface area contributed by atoms with E-state index in [1.165, 1.54) is 0 Å². The van der Waals surface area contributed by atoms with E-state index < -0.39 is 0 Å². The van der Waals surface area contributed by atoms with Crippen molar-refractivity contribution in [3.05, 3.63) is 60.0 Å². The average Bonchev–Trinajstić information content (AvgIpc) is 3.31. The van der Waals surface area contributed by atoms with Crippen LogP contribution in [0.25, 0.3) is 5.65 Å². The number of rotatable bonds is 4. The first kappa shape index (κ1) is 16.1. The molecule has 1 aliphatic carbocycles. The van der Waals surface area contributed by atoms with Gasteiger partial charge < -0.3 is 20.4 Å². The number of urea groups is 1. The highest BCUT2D eigenvalue weighted by molar-refractivity contribution is 6.03. The second-order valence-electron chi connectivity index (χ2n) is 6.43. The second kappa shape index (κ2) is 6.51. The molecule has 0 aliphatic heterocycles. The summed E-state index contributed by atoms with van der Waals surface area (Å²) < 4.78 is 1.88. The molecule has 7 heteroatoms. The molecule has 0 atom stereocenters. The molecular formula is C19H19N5O2. The van der Waals surface area contributed by atoms with Crippen LogP contribution in [0.1, 0.15) is 29.0 Å². The van der Waals surface area contributed by atoms with E-state index >= 15 is 0 Å². The Bertz CT molecular complexity index is 973. The van der Waals surface area contributed by atoms with Gasteiger partial charge in [0.2, 0.25) is 0 Å². The Kier molecular flexibility index (Phi) is 4.04. The lowest BCUT2D eigenvalue weighted by Crippen LogP contribution is -2.30. The molecule has 0 spiro atoms. The predicted molar refractivity (Wildman–Crippen MR) is 99.5 cm³/mol. The molecule has 7 nitrogen and oxygen atoms in total. The number of hydrogen-bond acceptors (Lipinski definition) is 3. The molecule has 26 heavy (non-hydrogen) atoms. The maximum absolute atomic E-state index is 12.4. The van der Waals surface area contributed by atoms with Gasteiger partial charge in [-0.2, -0.15) is 0 Å². The standard InChI is InChI=1S/C19H19N5O2/c1-12-3-2-4-17-23-16(11-24(12)17)18(25)20-13-5-7-14(8-6-13)21-19(26)22-15-9-10-15/h2-8,11,15H,9-10H2,1H3,(H,20,25)(H2,21,22,26). The molecule has 1 aromatic carbocycles. The van der Waals surface area contributed by atoms with Crippen LogP contribution in [-0.4, -0.2) is 27.4 Å². The van der Waals surface area contributed by atoms with E-state index in [1.54, 1.807) is 30.5 Å².